The number of hydrogen-bond acceptors (Lipinski definition) is 3. The van der Waals surface area contributed by atoms with Gasteiger partial charge in [0.25, 0.3) is 0 Å². The van der Waals surface area contributed by atoms with E-state index < -0.39 is 26.5 Å². The van der Waals surface area contributed by atoms with Gasteiger partial charge >= 0.3 is 0 Å². The Balaban J connectivity index is 3.37. The van der Waals surface area contributed by atoms with Gasteiger partial charge in [-0.05, 0) is 35.8 Å². The molecule has 102 valence electrons. The van der Waals surface area contributed by atoms with E-state index in [4.69, 9.17) is 11.6 Å². The molecular formula is C11H13BrClFO3S. The lowest BCUT2D eigenvalue weighted by atomic mass is 9.98. The Morgan fingerprint density at radius 1 is 1.44 bits per heavy atom. The Morgan fingerprint density at radius 2 is 1.94 bits per heavy atom. The molecular weight excluding hydrogens is 347 g/mol. The third-order valence-electron chi connectivity index (χ3n) is 2.97. The Labute approximate surface area is 119 Å². The lowest BCUT2D eigenvalue weighted by molar-refractivity contribution is 0.135. The maximum absolute atomic E-state index is 13.9. The van der Waals surface area contributed by atoms with Crippen LogP contribution in [0, 0.1) is 5.82 Å². The number of benzene rings is 1. The summed E-state index contributed by atoms with van der Waals surface area (Å²) >= 11 is 8.76. The molecule has 0 spiro atoms. The minimum atomic E-state index is -3.56. The molecule has 0 heterocycles. The number of rotatable bonds is 3. The molecule has 0 aliphatic rings. The first-order chi connectivity index (χ1) is 8.00. The number of hydrogen-bond donors (Lipinski definition) is 1. The van der Waals surface area contributed by atoms with Crippen molar-refractivity contribution in [3.8, 4) is 0 Å². The topological polar surface area (TPSA) is 54.4 Å². The molecule has 0 saturated carbocycles. The number of aliphatic hydroxyl groups excluding tert-OH is 1. The third kappa shape index (κ3) is 2.71. The predicted octanol–water partition coefficient (Wildman–Crippen LogP) is 3.10. The molecule has 0 radical (unpaired) electrons. The summed E-state index contributed by atoms with van der Waals surface area (Å²) in [5, 5.41) is 9.90. The molecule has 1 N–H and O–H groups in total. The molecule has 7 heteroatoms. The molecule has 0 aromatic heterocycles. The van der Waals surface area contributed by atoms with E-state index in [-0.39, 0.29) is 10.6 Å². The molecule has 1 rings (SSSR count). The van der Waals surface area contributed by atoms with Gasteiger partial charge in [-0.15, -0.1) is 0 Å². The fourth-order valence-electron chi connectivity index (χ4n) is 1.33. The standard InChI is InChI=1S/C11H13BrClFO3S/c1-11(2,18(3,16)17)10(15)6-4-5-7(12)8(13)9(6)14/h4-5,10,15H,1-3H3. The summed E-state index contributed by atoms with van der Waals surface area (Å²) in [7, 11) is -3.56. The van der Waals surface area contributed by atoms with Crippen LogP contribution >= 0.6 is 27.5 Å². The van der Waals surface area contributed by atoms with Crippen LogP contribution in [0.2, 0.25) is 5.02 Å². The minimum Gasteiger partial charge on any atom is -0.387 e. The quantitative estimate of drug-likeness (QED) is 0.844. The first kappa shape index (κ1) is 15.9. The first-order valence-corrected chi connectivity index (χ1v) is 8.07. The van der Waals surface area contributed by atoms with Crippen LogP contribution in [0.3, 0.4) is 0 Å². The van der Waals surface area contributed by atoms with Crippen molar-refractivity contribution < 1.29 is 17.9 Å². The van der Waals surface area contributed by atoms with Crippen LogP contribution in [-0.4, -0.2) is 24.5 Å². The van der Waals surface area contributed by atoms with Crippen molar-refractivity contribution in [3.05, 3.63) is 33.0 Å². The molecule has 3 nitrogen and oxygen atoms in total. The molecule has 18 heavy (non-hydrogen) atoms. The molecule has 0 aliphatic carbocycles. The molecule has 1 atom stereocenters. The van der Waals surface area contributed by atoms with Crippen LogP contribution in [0.5, 0.6) is 0 Å². The van der Waals surface area contributed by atoms with Gasteiger partial charge in [-0.25, -0.2) is 12.8 Å². The van der Waals surface area contributed by atoms with Crippen LogP contribution in [0.15, 0.2) is 16.6 Å². The number of aliphatic hydroxyl groups is 1. The van der Waals surface area contributed by atoms with E-state index in [1.54, 1.807) is 0 Å². The summed E-state index contributed by atoms with van der Waals surface area (Å²) in [6.07, 6.45) is -0.507. The maximum atomic E-state index is 13.9. The molecule has 0 amide bonds. The van der Waals surface area contributed by atoms with Crippen molar-refractivity contribution in [1.29, 1.82) is 0 Å². The molecule has 0 saturated heterocycles. The third-order valence-corrected chi connectivity index (χ3v) is 6.37. The fraction of sp³-hybridized carbons (Fsp3) is 0.455. The molecule has 0 fully saturated rings. The molecule has 1 aromatic rings. The van der Waals surface area contributed by atoms with Crippen LogP contribution in [0.1, 0.15) is 25.5 Å². The van der Waals surface area contributed by atoms with Gasteiger partial charge in [-0.3, -0.25) is 0 Å². The Kier molecular flexibility index (Phi) is 4.48. The zero-order chi connectivity index (χ0) is 14.3. The molecule has 1 unspecified atom stereocenters. The zero-order valence-electron chi connectivity index (χ0n) is 10.0. The number of halogens is 3. The maximum Gasteiger partial charge on any atom is 0.155 e. The summed E-state index contributed by atoms with van der Waals surface area (Å²) in [6.45, 7) is 2.67. The highest BCUT2D eigenvalue weighted by Crippen LogP contribution is 2.37. The van der Waals surface area contributed by atoms with E-state index in [1.165, 1.54) is 26.0 Å². The molecule has 0 aliphatic heterocycles. The Bertz CT molecular complexity index is 572. The smallest absolute Gasteiger partial charge is 0.155 e. The van der Waals surface area contributed by atoms with Crippen molar-refractivity contribution in [1.82, 2.24) is 0 Å². The van der Waals surface area contributed by atoms with Gasteiger partial charge < -0.3 is 5.11 Å². The Morgan fingerprint density at radius 3 is 2.39 bits per heavy atom. The van der Waals surface area contributed by atoms with Crippen LogP contribution in [0.4, 0.5) is 4.39 Å². The van der Waals surface area contributed by atoms with E-state index in [1.807, 2.05) is 0 Å². The van der Waals surface area contributed by atoms with Crippen LogP contribution in [0.25, 0.3) is 0 Å². The highest BCUT2D eigenvalue weighted by Gasteiger charge is 2.40. The van der Waals surface area contributed by atoms with Crippen molar-refractivity contribution in [2.24, 2.45) is 0 Å². The monoisotopic (exact) mass is 358 g/mol. The van der Waals surface area contributed by atoms with Gasteiger partial charge in [-0.1, -0.05) is 17.7 Å². The van der Waals surface area contributed by atoms with Crippen molar-refractivity contribution >= 4 is 37.4 Å². The van der Waals surface area contributed by atoms with Crippen LogP contribution < -0.4 is 0 Å². The summed E-state index contributed by atoms with van der Waals surface area (Å²) in [5.41, 5.74) is -0.140. The van der Waals surface area contributed by atoms with Gasteiger partial charge in [0.15, 0.2) is 9.84 Å². The SMILES string of the molecule is CC(C)(C(O)c1ccc(Br)c(Cl)c1F)S(C)(=O)=O. The normalized spacial score (nSPS) is 14.6. The van der Waals surface area contributed by atoms with E-state index >= 15 is 0 Å². The highest BCUT2D eigenvalue weighted by atomic mass is 79.9. The molecule has 1 aromatic carbocycles. The van der Waals surface area contributed by atoms with Gasteiger partial charge in [-0.2, -0.15) is 0 Å². The zero-order valence-corrected chi connectivity index (χ0v) is 13.2. The molecule has 0 bridgehead atoms. The van der Waals surface area contributed by atoms with Crippen molar-refractivity contribution in [2.45, 2.75) is 24.7 Å². The van der Waals surface area contributed by atoms with E-state index in [2.05, 4.69) is 15.9 Å². The van der Waals surface area contributed by atoms with Crippen molar-refractivity contribution in [3.63, 3.8) is 0 Å². The highest BCUT2D eigenvalue weighted by molar-refractivity contribution is 9.10. The van der Waals surface area contributed by atoms with Gasteiger partial charge in [0.05, 0.1) is 9.77 Å². The second kappa shape index (κ2) is 5.07. The second-order valence-corrected chi connectivity index (χ2v) is 8.37. The summed E-state index contributed by atoms with van der Waals surface area (Å²) in [4.78, 5) is 0. The summed E-state index contributed by atoms with van der Waals surface area (Å²) < 4.78 is 36.0. The van der Waals surface area contributed by atoms with Crippen LogP contribution in [-0.2, 0) is 9.84 Å². The van der Waals surface area contributed by atoms with Gasteiger partial charge in [0.1, 0.15) is 11.9 Å². The van der Waals surface area contributed by atoms with E-state index in [0.29, 0.717) is 4.47 Å². The fourth-order valence-corrected chi connectivity index (χ4v) is 2.34. The average Bonchev–Trinajstić information content (AvgIpc) is 2.24. The van der Waals surface area contributed by atoms with E-state index in [0.717, 1.165) is 6.26 Å². The lowest BCUT2D eigenvalue weighted by Gasteiger charge is -2.29. The van der Waals surface area contributed by atoms with Gasteiger partial charge in [0, 0.05) is 16.3 Å². The van der Waals surface area contributed by atoms with E-state index in [9.17, 15) is 17.9 Å². The minimum absolute atomic E-state index is 0.140. The summed E-state index contributed by atoms with van der Waals surface area (Å²) in [6, 6.07) is 2.77. The first-order valence-electron chi connectivity index (χ1n) is 5.01. The average molecular weight is 360 g/mol. The van der Waals surface area contributed by atoms with Crippen molar-refractivity contribution in [2.75, 3.05) is 6.26 Å². The lowest BCUT2D eigenvalue weighted by Crippen LogP contribution is -2.38. The largest absolute Gasteiger partial charge is 0.387 e. The second-order valence-electron chi connectivity index (χ2n) is 4.54. The predicted molar refractivity (Wildman–Crippen MR) is 73.0 cm³/mol. The van der Waals surface area contributed by atoms with Gasteiger partial charge in [0.2, 0.25) is 0 Å². The summed E-state index contributed by atoms with van der Waals surface area (Å²) in [5.74, 6) is -0.824. The Hall–Kier alpha value is -0.170. The number of sulfone groups is 1.